The average molecular weight is 175 g/mol. The van der Waals surface area contributed by atoms with E-state index in [1.165, 1.54) is 0 Å². The second-order valence-electron chi connectivity index (χ2n) is 3.10. The van der Waals surface area contributed by atoms with Gasteiger partial charge in [-0.2, -0.15) is 5.26 Å². The highest BCUT2D eigenvalue weighted by Gasteiger charge is 2.21. The summed E-state index contributed by atoms with van der Waals surface area (Å²) in [7, 11) is 0. The molecule has 0 saturated heterocycles. The van der Waals surface area contributed by atoms with Crippen molar-refractivity contribution in [2.24, 2.45) is 0 Å². The molecule has 0 heterocycles. The second-order valence-corrected chi connectivity index (χ2v) is 3.10. The number of nitrogens with zero attached hydrogens (tertiary/aromatic N) is 1. The molecule has 0 atom stereocenters. The van der Waals surface area contributed by atoms with E-state index in [0.29, 0.717) is 12.0 Å². The van der Waals surface area contributed by atoms with Gasteiger partial charge in [-0.3, -0.25) is 0 Å². The molecule has 0 spiro atoms. The van der Waals surface area contributed by atoms with Crippen LogP contribution in [0.15, 0.2) is 28.4 Å². The largest absolute Gasteiger partial charge is 0.457 e. The van der Waals surface area contributed by atoms with Gasteiger partial charge in [0, 0.05) is 6.42 Å². The smallest absolute Gasteiger partial charge is 0.152 e. The van der Waals surface area contributed by atoms with Crippen LogP contribution in [0.3, 0.4) is 0 Å². The van der Waals surface area contributed by atoms with Crippen LogP contribution in [-0.2, 0) is 4.74 Å². The lowest BCUT2D eigenvalue weighted by Gasteiger charge is -2.24. The van der Waals surface area contributed by atoms with Gasteiger partial charge in [0.15, 0.2) is 5.76 Å². The Labute approximate surface area is 76.2 Å². The molecule has 0 radical (unpaired) electrons. The maximum Gasteiger partial charge on any atom is 0.152 e. The van der Waals surface area contributed by atoms with Gasteiger partial charge in [0.25, 0.3) is 0 Å². The van der Waals surface area contributed by atoms with Crippen LogP contribution in [0, 0.1) is 11.3 Å². The molecule has 2 aliphatic carbocycles. The number of allylic oxidation sites excluding steroid dienone is 1. The molecule has 0 bridgehead atoms. The Bertz CT molecular complexity index is 378. The molecule has 0 amide bonds. The van der Waals surface area contributed by atoms with Gasteiger partial charge >= 0.3 is 0 Å². The van der Waals surface area contributed by atoms with Crippen molar-refractivity contribution in [2.45, 2.75) is 19.3 Å². The minimum absolute atomic E-state index is 0.0808. The Morgan fingerprint density at radius 1 is 1.54 bits per heavy atom. The van der Waals surface area contributed by atoms with Crippen LogP contribution in [0.5, 0.6) is 0 Å². The SMILES string of the molecule is N#CC1=C=C(OC2=C(CO)CC2)C1. The van der Waals surface area contributed by atoms with Gasteiger partial charge in [-0.25, -0.2) is 0 Å². The minimum Gasteiger partial charge on any atom is -0.457 e. The van der Waals surface area contributed by atoms with E-state index in [9.17, 15) is 0 Å². The molecule has 2 rings (SSSR count). The van der Waals surface area contributed by atoms with Gasteiger partial charge in [0.05, 0.1) is 18.6 Å². The van der Waals surface area contributed by atoms with E-state index in [4.69, 9.17) is 15.1 Å². The maximum atomic E-state index is 8.83. The molecular formula is C10H9NO2. The van der Waals surface area contributed by atoms with Crippen molar-refractivity contribution < 1.29 is 9.84 Å². The molecule has 2 aliphatic rings. The van der Waals surface area contributed by atoms with Crippen molar-refractivity contribution in [3.05, 3.63) is 28.4 Å². The standard InChI is InChI=1S/C10H9NO2/c11-5-7-3-9(4-7)13-10-2-1-8(10)6-12/h12H,1-3,6H2. The monoisotopic (exact) mass is 175 g/mol. The highest BCUT2D eigenvalue weighted by molar-refractivity contribution is 5.34. The number of aliphatic hydroxyl groups excluding tert-OH is 1. The summed E-state index contributed by atoms with van der Waals surface area (Å²) in [4.78, 5) is 0. The molecule has 0 aliphatic heterocycles. The van der Waals surface area contributed by atoms with Gasteiger partial charge in [-0.15, -0.1) is 0 Å². The number of ether oxygens (including phenoxy) is 1. The lowest BCUT2D eigenvalue weighted by atomic mass is 9.96. The third-order valence-corrected chi connectivity index (χ3v) is 2.25. The first-order valence-corrected chi connectivity index (χ1v) is 4.22. The minimum atomic E-state index is 0.0808. The van der Waals surface area contributed by atoms with Crippen LogP contribution in [0.1, 0.15) is 19.3 Å². The lowest BCUT2D eigenvalue weighted by Crippen LogP contribution is -2.12. The predicted octanol–water partition coefficient (Wildman–Crippen LogP) is 1.38. The van der Waals surface area contributed by atoms with E-state index in [1.54, 1.807) is 0 Å². The number of nitriles is 1. The molecule has 13 heavy (non-hydrogen) atoms. The van der Waals surface area contributed by atoms with E-state index < -0.39 is 0 Å². The fraction of sp³-hybridized carbons (Fsp3) is 0.400. The van der Waals surface area contributed by atoms with Crippen molar-refractivity contribution >= 4 is 0 Å². The summed E-state index contributed by atoms with van der Waals surface area (Å²) in [5.41, 5.74) is 4.42. The zero-order valence-corrected chi connectivity index (χ0v) is 7.13. The summed E-state index contributed by atoms with van der Waals surface area (Å²) in [6.07, 6.45) is 2.40. The van der Waals surface area contributed by atoms with Crippen molar-refractivity contribution in [2.75, 3.05) is 6.61 Å². The number of aliphatic hydroxyl groups is 1. The Kier molecular flexibility index (Phi) is 1.94. The fourth-order valence-corrected chi connectivity index (χ4v) is 1.28. The number of hydrogen-bond acceptors (Lipinski definition) is 3. The molecule has 0 aromatic heterocycles. The zero-order valence-electron chi connectivity index (χ0n) is 7.13. The second kappa shape index (κ2) is 3.10. The van der Waals surface area contributed by atoms with E-state index in [0.717, 1.165) is 29.9 Å². The zero-order chi connectivity index (χ0) is 9.26. The maximum absolute atomic E-state index is 8.83. The van der Waals surface area contributed by atoms with Crippen molar-refractivity contribution in [1.29, 1.82) is 5.26 Å². The third kappa shape index (κ3) is 1.38. The van der Waals surface area contributed by atoms with Gasteiger partial charge in [0.1, 0.15) is 11.8 Å². The fourth-order valence-electron chi connectivity index (χ4n) is 1.28. The summed E-state index contributed by atoms with van der Waals surface area (Å²) >= 11 is 0. The van der Waals surface area contributed by atoms with Crippen LogP contribution in [-0.4, -0.2) is 11.7 Å². The lowest BCUT2D eigenvalue weighted by molar-refractivity contribution is 0.230. The number of hydrogen-bond donors (Lipinski definition) is 1. The van der Waals surface area contributed by atoms with Gasteiger partial charge in [-0.05, 0) is 12.0 Å². The number of rotatable bonds is 3. The first-order valence-electron chi connectivity index (χ1n) is 4.22. The quantitative estimate of drug-likeness (QED) is 0.659. The summed E-state index contributed by atoms with van der Waals surface area (Å²) in [6, 6.07) is 2.01. The summed E-state index contributed by atoms with van der Waals surface area (Å²) in [5.74, 6) is 1.58. The molecular weight excluding hydrogens is 166 g/mol. The van der Waals surface area contributed by atoms with Crippen LogP contribution in [0.25, 0.3) is 0 Å². The molecule has 1 N–H and O–H groups in total. The van der Waals surface area contributed by atoms with Crippen LogP contribution in [0.4, 0.5) is 0 Å². The summed E-state index contributed by atoms with van der Waals surface area (Å²) < 4.78 is 5.41. The van der Waals surface area contributed by atoms with Gasteiger partial charge < -0.3 is 9.84 Å². The Morgan fingerprint density at radius 3 is 2.77 bits per heavy atom. The van der Waals surface area contributed by atoms with E-state index in [2.05, 4.69) is 5.73 Å². The molecule has 0 saturated carbocycles. The molecule has 3 heteroatoms. The van der Waals surface area contributed by atoms with Gasteiger partial charge in [0.2, 0.25) is 0 Å². The first-order chi connectivity index (χ1) is 6.33. The van der Waals surface area contributed by atoms with E-state index in [1.807, 2.05) is 6.07 Å². The molecule has 0 aromatic carbocycles. The molecule has 3 nitrogen and oxygen atoms in total. The van der Waals surface area contributed by atoms with Crippen molar-refractivity contribution in [3.63, 3.8) is 0 Å². The molecule has 0 fully saturated rings. The van der Waals surface area contributed by atoms with E-state index in [-0.39, 0.29) is 6.61 Å². The van der Waals surface area contributed by atoms with Crippen LogP contribution in [0.2, 0.25) is 0 Å². The summed E-state index contributed by atoms with van der Waals surface area (Å²) in [6.45, 7) is 0.0808. The third-order valence-electron chi connectivity index (χ3n) is 2.25. The predicted molar refractivity (Wildman–Crippen MR) is 45.2 cm³/mol. The van der Waals surface area contributed by atoms with Crippen LogP contribution < -0.4 is 0 Å². The highest BCUT2D eigenvalue weighted by atomic mass is 16.5. The Balaban J connectivity index is 2.03. The Morgan fingerprint density at radius 2 is 2.31 bits per heavy atom. The van der Waals surface area contributed by atoms with Crippen molar-refractivity contribution in [3.8, 4) is 6.07 Å². The normalized spacial score (nSPS) is 19.4. The first kappa shape index (κ1) is 8.12. The molecule has 66 valence electrons. The summed E-state index contributed by atoms with van der Waals surface area (Å²) in [5, 5.41) is 17.3. The molecule has 0 aromatic rings. The topological polar surface area (TPSA) is 53.2 Å². The Hall–Kier alpha value is -1.49. The van der Waals surface area contributed by atoms with Crippen LogP contribution >= 0.6 is 0 Å². The highest BCUT2D eigenvalue weighted by Crippen LogP contribution is 2.32. The van der Waals surface area contributed by atoms with Gasteiger partial charge in [-0.1, -0.05) is 5.73 Å². The van der Waals surface area contributed by atoms with E-state index >= 15 is 0 Å². The average Bonchev–Trinajstić information content (AvgIpc) is 2.01. The van der Waals surface area contributed by atoms with Crippen molar-refractivity contribution in [1.82, 2.24) is 0 Å². The molecule has 0 unspecified atom stereocenters.